The molecule has 4 aromatic rings. The molecule has 134 valence electrons. The van der Waals surface area contributed by atoms with Gasteiger partial charge in [-0.1, -0.05) is 60.1 Å². The largest absolute Gasteiger partial charge is 0.348 e. The van der Waals surface area contributed by atoms with E-state index in [9.17, 15) is 4.79 Å². The lowest BCUT2D eigenvalue weighted by atomic mass is 9.84. The molecule has 5 rings (SSSR count). The predicted molar refractivity (Wildman–Crippen MR) is 114 cm³/mol. The summed E-state index contributed by atoms with van der Waals surface area (Å²) in [5.74, 6) is -0.0222. The van der Waals surface area contributed by atoms with Gasteiger partial charge in [0.25, 0.3) is 5.91 Å². The SMILES string of the molecule is O=C(N[C@H]1CCc2ccc3c(ccc4ccccc43)c2C1)c1ccc(Cl)s1. The lowest BCUT2D eigenvalue weighted by molar-refractivity contribution is 0.0938. The van der Waals surface area contributed by atoms with Crippen molar-refractivity contribution in [2.45, 2.75) is 25.3 Å². The van der Waals surface area contributed by atoms with E-state index in [0.29, 0.717) is 9.21 Å². The fourth-order valence-electron chi connectivity index (χ4n) is 4.17. The molecule has 0 bridgehead atoms. The number of carbonyl (C=O) groups excluding carboxylic acids is 1. The number of hydrogen-bond donors (Lipinski definition) is 1. The van der Waals surface area contributed by atoms with Gasteiger partial charge in [0.2, 0.25) is 0 Å². The van der Waals surface area contributed by atoms with Crippen LogP contribution in [-0.2, 0) is 12.8 Å². The highest BCUT2D eigenvalue weighted by Crippen LogP contribution is 2.33. The minimum Gasteiger partial charge on any atom is -0.348 e. The number of rotatable bonds is 2. The second-order valence-electron chi connectivity index (χ2n) is 7.10. The van der Waals surface area contributed by atoms with Crippen molar-refractivity contribution in [2.24, 2.45) is 0 Å². The van der Waals surface area contributed by atoms with Gasteiger partial charge in [-0.15, -0.1) is 11.3 Å². The van der Waals surface area contributed by atoms with Crippen molar-refractivity contribution in [3.8, 4) is 0 Å². The van der Waals surface area contributed by atoms with Crippen LogP contribution >= 0.6 is 22.9 Å². The molecular weight excluding hydrogens is 374 g/mol. The van der Waals surface area contributed by atoms with E-state index in [-0.39, 0.29) is 11.9 Å². The minimum atomic E-state index is -0.0222. The van der Waals surface area contributed by atoms with Gasteiger partial charge in [-0.05, 0) is 64.1 Å². The number of amides is 1. The molecule has 3 aromatic carbocycles. The number of carbonyl (C=O) groups is 1. The maximum Gasteiger partial charge on any atom is 0.261 e. The molecule has 2 nitrogen and oxygen atoms in total. The van der Waals surface area contributed by atoms with E-state index in [2.05, 4.69) is 53.8 Å². The van der Waals surface area contributed by atoms with Gasteiger partial charge < -0.3 is 5.32 Å². The van der Waals surface area contributed by atoms with Gasteiger partial charge in [0.15, 0.2) is 0 Å². The zero-order valence-electron chi connectivity index (χ0n) is 14.7. The van der Waals surface area contributed by atoms with Crippen molar-refractivity contribution in [3.05, 3.63) is 81.0 Å². The fraction of sp³-hybridized carbons (Fsp3) is 0.174. The third kappa shape index (κ3) is 3.01. The highest BCUT2D eigenvalue weighted by atomic mass is 35.5. The minimum absolute atomic E-state index is 0.0222. The summed E-state index contributed by atoms with van der Waals surface area (Å²) >= 11 is 7.29. The standard InChI is InChI=1S/C23H18ClNOS/c24-22-12-11-21(27-22)23(26)25-16-8-5-15-7-9-18-17-4-2-1-3-14(17)6-10-19(18)20(15)13-16/h1-4,6-7,9-12,16H,5,8,13H2,(H,25,26)/t16-/m0/s1. The molecule has 1 N–H and O–H groups in total. The van der Waals surface area contributed by atoms with Gasteiger partial charge in [-0.2, -0.15) is 0 Å². The third-order valence-corrected chi connectivity index (χ3v) is 6.71. The summed E-state index contributed by atoms with van der Waals surface area (Å²) in [5.41, 5.74) is 2.78. The molecular formula is C23H18ClNOS. The highest BCUT2D eigenvalue weighted by Gasteiger charge is 2.23. The fourth-order valence-corrected chi connectivity index (χ4v) is 5.11. The number of thiophene rings is 1. The lowest BCUT2D eigenvalue weighted by Crippen LogP contribution is -2.38. The summed E-state index contributed by atoms with van der Waals surface area (Å²) in [7, 11) is 0. The van der Waals surface area contributed by atoms with Crippen LogP contribution in [0.1, 0.15) is 27.2 Å². The monoisotopic (exact) mass is 391 g/mol. The van der Waals surface area contributed by atoms with Crippen LogP contribution in [0.5, 0.6) is 0 Å². The molecule has 0 spiro atoms. The van der Waals surface area contributed by atoms with Gasteiger partial charge in [-0.3, -0.25) is 4.79 Å². The van der Waals surface area contributed by atoms with E-state index in [1.165, 1.54) is 44.0 Å². The van der Waals surface area contributed by atoms with E-state index < -0.39 is 0 Å². The maximum absolute atomic E-state index is 12.5. The van der Waals surface area contributed by atoms with Crippen LogP contribution in [0.25, 0.3) is 21.5 Å². The number of aryl methyl sites for hydroxylation is 1. The summed E-state index contributed by atoms with van der Waals surface area (Å²) in [4.78, 5) is 13.2. The molecule has 1 heterocycles. The van der Waals surface area contributed by atoms with Gasteiger partial charge >= 0.3 is 0 Å². The molecule has 0 fully saturated rings. The topological polar surface area (TPSA) is 29.1 Å². The number of halogens is 1. The first-order chi connectivity index (χ1) is 13.2. The van der Waals surface area contributed by atoms with E-state index in [4.69, 9.17) is 11.6 Å². The van der Waals surface area contributed by atoms with Crippen molar-refractivity contribution in [3.63, 3.8) is 0 Å². The van der Waals surface area contributed by atoms with Crippen LogP contribution in [0.2, 0.25) is 4.34 Å². The predicted octanol–water partition coefficient (Wildman–Crippen LogP) is 6.00. The molecule has 4 heteroatoms. The van der Waals surface area contributed by atoms with Crippen molar-refractivity contribution in [1.29, 1.82) is 0 Å². The van der Waals surface area contributed by atoms with Crippen LogP contribution < -0.4 is 5.32 Å². The Balaban J connectivity index is 1.49. The molecule has 1 aliphatic rings. The smallest absolute Gasteiger partial charge is 0.261 e. The quantitative estimate of drug-likeness (QED) is 0.417. The molecule has 0 aliphatic heterocycles. The number of hydrogen-bond acceptors (Lipinski definition) is 2. The Bertz CT molecular complexity index is 1180. The molecule has 0 saturated heterocycles. The number of nitrogens with one attached hydrogen (secondary N) is 1. The highest BCUT2D eigenvalue weighted by molar-refractivity contribution is 7.18. The molecule has 0 unspecified atom stereocenters. The average Bonchev–Trinajstić information content (AvgIpc) is 3.14. The van der Waals surface area contributed by atoms with Crippen LogP contribution in [0, 0.1) is 0 Å². The van der Waals surface area contributed by atoms with Crippen molar-refractivity contribution in [1.82, 2.24) is 5.32 Å². The van der Waals surface area contributed by atoms with E-state index >= 15 is 0 Å². The molecule has 1 amide bonds. The Morgan fingerprint density at radius 2 is 1.81 bits per heavy atom. The van der Waals surface area contributed by atoms with Crippen LogP contribution in [0.15, 0.2) is 60.7 Å². The Kier molecular flexibility index (Phi) is 4.14. The zero-order chi connectivity index (χ0) is 18.4. The summed E-state index contributed by atoms with van der Waals surface area (Å²) in [6.07, 6.45) is 2.83. The summed E-state index contributed by atoms with van der Waals surface area (Å²) in [5, 5.41) is 8.36. The van der Waals surface area contributed by atoms with Crippen molar-refractivity contribution < 1.29 is 4.79 Å². The lowest BCUT2D eigenvalue weighted by Gasteiger charge is -2.27. The third-order valence-electron chi connectivity index (χ3n) is 5.48. The Morgan fingerprint density at radius 3 is 2.67 bits per heavy atom. The molecule has 0 saturated carbocycles. The van der Waals surface area contributed by atoms with Crippen LogP contribution in [0.3, 0.4) is 0 Å². The average molecular weight is 392 g/mol. The Morgan fingerprint density at radius 1 is 0.963 bits per heavy atom. The summed E-state index contributed by atoms with van der Waals surface area (Å²) in [6.45, 7) is 0. The second kappa shape index (κ2) is 6.66. The summed E-state index contributed by atoms with van der Waals surface area (Å²) in [6, 6.07) is 21.2. The van der Waals surface area contributed by atoms with Gasteiger partial charge in [0.1, 0.15) is 0 Å². The first kappa shape index (κ1) is 16.8. The first-order valence-electron chi connectivity index (χ1n) is 9.17. The first-order valence-corrected chi connectivity index (χ1v) is 10.4. The molecule has 1 aliphatic carbocycles. The van der Waals surface area contributed by atoms with Gasteiger partial charge in [0.05, 0.1) is 9.21 Å². The van der Waals surface area contributed by atoms with Crippen LogP contribution in [0.4, 0.5) is 0 Å². The Labute approximate surface area is 166 Å². The van der Waals surface area contributed by atoms with E-state index in [1.807, 2.05) is 0 Å². The van der Waals surface area contributed by atoms with Crippen molar-refractivity contribution in [2.75, 3.05) is 0 Å². The zero-order valence-corrected chi connectivity index (χ0v) is 16.2. The molecule has 27 heavy (non-hydrogen) atoms. The number of fused-ring (bicyclic) bond motifs is 5. The van der Waals surface area contributed by atoms with Crippen molar-refractivity contribution >= 4 is 50.4 Å². The van der Waals surface area contributed by atoms with Gasteiger partial charge in [-0.25, -0.2) is 0 Å². The number of benzene rings is 3. The maximum atomic E-state index is 12.5. The van der Waals surface area contributed by atoms with Gasteiger partial charge in [0, 0.05) is 6.04 Å². The Hall–Kier alpha value is -2.36. The van der Waals surface area contributed by atoms with E-state index in [1.54, 1.807) is 12.1 Å². The normalized spacial score (nSPS) is 16.4. The molecule has 1 aromatic heterocycles. The van der Waals surface area contributed by atoms with Crippen LogP contribution in [-0.4, -0.2) is 11.9 Å². The second-order valence-corrected chi connectivity index (χ2v) is 8.82. The molecule has 0 radical (unpaired) electrons. The molecule has 1 atom stereocenters. The van der Waals surface area contributed by atoms with E-state index in [0.717, 1.165) is 19.3 Å². The summed E-state index contributed by atoms with van der Waals surface area (Å²) < 4.78 is 0.645.